The molecule has 0 atom stereocenters. The number of rotatable bonds is 2. The van der Waals surface area contributed by atoms with Crippen LogP contribution in [0.5, 0.6) is 0 Å². The van der Waals surface area contributed by atoms with Crippen LogP contribution in [0.4, 0.5) is 14.5 Å². The van der Waals surface area contributed by atoms with Gasteiger partial charge in [-0.15, -0.1) is 0 Å². The summed E-state index contributed by atoms with van der Waals surface area (Å²) >= 11 is 0. The summed E-state index contributed by atoms with van der Waals surface area (Å²) in [4.78, 5) is 4.14. The normalized spacial score (nSPS) is 10.7. The molecule has 0 saturated heterocycles. The van der Waals surface area contributed by atoms with Crippen molar-refractivity contribution in [2.24, 2.45) is 0 Å². The SMILES string of the molecule is Nc1cccc(-c2nc(-c3ccc(F)c(F)c3)no2)c1. The van der Waals surface area contributed by atoms with Crippen LogP contribution in [0.1, 0.15) is 0 Å². The highest BCUT2D eigenvalue weighted by Crippen LogP contribution is 2.24. The Kier molecular flexibility index (Phi) is 2.90. The van der Waals surface area contributed by atoms with Crippen molar-refractivity contribution in [3.8, 4) is 22.8 Å². The van der Waals surface area contributed by atoms with Crippen molar-refractivity contribution in [1.29, 1.82) is 0 Å². The maximum Gasteiger partial charge on any atom is 0.258 e. The molecule has 3 aromatic rings. The summed E-state index contributed by atoms with van der Waals surface area (Å²) in [5.41, 5.74) is 7.23. The summed E-state index contributed by atoms with van der Waals surface area (Å²) in [6.07, 6.45) is 0. The van der Waals surface area contributed by atoms with Gasteiger partial charge in [-0.25, -0.2) is 8.78 Å². The van der Waals surface area contributed by atoms with E-state index in [1.807, 2.05) is 0 Å². The van der Waals surface area contributed by atoms with E-state index < -0.39 is 11.6 Å². The molecule has 0 aliphatic carbocycles. The lowest BCUT2D eigenvalue weighted by Crippen LogP contribution is -1.87. The fourth-order valence-corrected chi connectivity index (χ4v) is 1.76. The van der Waals surface area contributed by atoms with Crippen LogP contribution in [0.3, 0.4) is 0 Å². The van der Waals surface area contributed by atoms with E-state index in [-0.39, 0.29) is 11.7 Å². The molecule has 0 saturated carbocycles. The number of nitrogens with zero attached hydrogens (tertiary/aromatic N) is 2. The minimum atomic E-state index is -0.960. The summed E-state index contributed by atoms with van der Waals surface area (Å²) in [5, 5.41) is 3.75. The van der Waals surface area contributed by atoms with Gasteiger partial charge in [0.05, 0.1) is 0 Å². The average Bonchev–Trinajstić information content (AvgIpc) is 2.92. The first-order valence-corrected chi connectivity index (χ1v) is 5.78. The van der Waals surface area contributed by atoms with Crippen molar-refractivity contribution in [1.82, 2.24) is 10.1 Å². The first kappa shape index (κ1) is 12.3. The highest BCUT2D eigenvalue weighted by Gasteiger charge is 2.12. The number of aromatic nitrogens is 2. The second-order valence-electron chi connectivity index (χ2n) is 4.18. The second-order valence-corrected chi connectivity index (χ2v) is 4.18. The van der Waals surface area contributed by atoms with Gasteiger partial charge in [0.25, 0.3) is 5.89 Å². The third-order valence-electron chi connectivity index (χ3n) is 2.74. The number of hydrogen-bond donors (Lipinski definition) is 1. The number of halogens is 2. The molecule has 1 heterocycles. The van der Waals surface area contributed by atoms with Crippen molar-refractivity contribution in [3.63, 3.8) is 0 Å². The molecule has 100 valence electrons. The van der Waals surface area contributed by atoms with Gasteiger partial charge in [-0.2, -0.15) is 4.98 Å². The van der Waals surface area contributed by atoms with E-state index in [2.05, 4.69) is 10.1 Å². The zero-order chi connectivity index (χ0) is 14.1. The lowest BCUT2D eigenvalue weighted by molar-refractivity contribution is 0.432. The molecule has 0 bridgehead atoms. The summed E-state index contributed by atoms with van der Waals surface area (Å²) in [5.74, 6) is -1.44. The van der Waals surface area contributed by atoms with Crippen LogP contribution in [0, 0.1) is 11.6 Å². The summed E-state index contributed by atoms with van der Waals surface area (Å²) in [6.45, 7) is 0. The molecule has 2 N–H and O–H groups in total. The maximum atomic E-state index is 13.2. The Bertz CT molecular complexity index is 771. The molecule has 0 unspecified atom stereocenters. The minimum Gasteiger partial charge on any atom is -0.399 e. The Morgan fingerprint density at radius 3 is 2.55 bits per heavy atom. The molecule has 0 radical (unpaired) electrons. The Hall–Kier alpha value is -2.76. The molecule has 0 spiro atoms. The Labute approximate surface area is 112 Å². The molecular weight excluding hydrogens is 264 g/mol. The molecule has 1 aromatic heterocycles. The maximum absolute atomic E-state index is 13.2. The van der Waals surface area contributed by atoms with Gasteiger partial charge in [0, 0.05) is 16.8 Å². The van der Waals surface area contributed by atoms with E-state index in [0.29, 0.717) is 16.8 Å². The molecule has 0 aliphatic rings. The summed E-state index contributed by atoms with van der Waals surface area (Å²) in [6, 6.07) is 10.3. The van der Waals surface area contributed by atoms with E-state index >= 15 is 0 Å². The fourth-order valence-electron chi connectivity index (χ4n) is 1.76. The van der Waals surface area contributed by atoms with Crippen LogP contribution >= 0.6 is 0 Å². The van der Waals surface area contributed by atoms with Gasteiger partial charge in [-0.3, -0.25) is 0 Å². The molecular formula is C14H9F2N3O. The number of nitrogens with two attached hydrogens (primary N) is 1. The van der Waals surface area contributed by atoms with Crippen molar-refractivity contribution < 1.29 is 13.3 Å². The number of hydrogen-bond acceptors (Lipinski definition) is 4. The molecule has 0 fully saturated rings. The first-order chi connectivity index (χ1) is 9.63. The van der Waals surface area contributed by atoms with Crippen LogP contribution in [0.25, 0.3) is 22.8 Å². The van der Waals surface area contributed by atoms with Crippen molar-refractivity contribution >= 4 is 5.69 Å². The van der Waals surface area contributed by atoms with Crippen LogP contribution in [0.2, 0.25) is 0 Å². The van der Waals surface area contributed by atoms with E-state index in [1.165, 1.54) is 6.07 Å². The Morgan fingerprint density at radius 2 is 1.80 bits per heavy atom. The molecule has 0 amide bonds. The minimum absolute atomic E-state index is 0.182. The van der Waals surface area contributed by atoms with E-state index in [1.54, 1.807) is 24.3 Å². The van der Waals surface area contributed by atoms with Crippen LogP contribution in [-0.4, -0.2) is 10.1 Å². The number of nitrogen functional groups attached to an aromatic ring is 1. The quantitative estimate of drug-likeness (QED) is 0.728. The Morgan fingerprint density at radius 1 is 0.950 bits per heavy atom. The van der Waals surface area contributed by atoms with E-state index in [0.717, 1.165) is 12.1 Å². The smallest absolute Gasteiger partial charge is 0.258 e. The first-order valence-electron chi connectivity index (χ1n) is 5.78. The van der Waals surface area contributed by atoms with Gasteiger partial charge in [0.1, 0.15) is 0 Å². The molecule has 20 heavy (non-hydrogen) atoms. The summed E-state index contributed by atoms with van der Waals surface area (Å²) in [7, 11) is 0. The highest BCUT2D eigenvalue weighted by molar-refractivity contribution is 5.62. The molecule has 6 heteroatoms. The van der Waals surface area contributed by atoms with Crippen molar-refractivity contribution in [3.05, 3.63) is 54.1 Å². The van der Waals surface area contributed by atoms with Crippen LogP contribution in [0.15, 0.2) is 47.0 Å². The predicted octanol–water partition coefficient (Wildman–Crippen LogP) is 3.26. The lowest BCUT2D eigenvalue weighted by atomic mass is 10.2. The van der Waals surface area contributed by atoms with Gasteiger partial charge in [0.2, 0.25) is 5.82 Å². The van der Waals surface area contributed by atoms with Gasteiger partial charge in [-0.05, 0) is 36.4 Å². The number of anilines is 1. The highest BCUT2D eigenvalue weighted by atomic mass is 19.2. The Balaban J connectivity index is 1.99. The zero-order valence-corrected chi connectivity index (χ0v) is 10.2. The second kappa shape index (κ2) is 4.73. The van der Waals surface area contributed by atoms with E-state index in [4.69, 9.17) is 10.3 Å². The lowest BCUT2D eigenvalue weighted by Gasteiger charge is -1.96. The molecule has 2 aromatic carbocycles. The van der Waals surface area contributed by atoms with Crippen molar-refractivity contribution in [2.45, 2.75) is 0 Å². The topological polar surface area (TPSA) is 64.9 Å². The summed E-state index contributed by atoms with van der Waals surface area (Å²) < 4.78 is 31.1. The monoisotopic (exact) mass is 273 g/mol. The fraction of sp³-hybridized carbons (Fsp3) is 0. The van der Waals surface area contributed by atoms with Crippen LogP contribution in [-0.2, 0) is 0 Å². The largest absolute Gasteiger partial charge is 0.399 e. The molecule has 0 aliphatic heterocycles. The van der Waals surface area contributed by atoms with Crippen LogP contribution < -0.4 is 5.73 Å². The predicted molar refractivity (Wildman–Crippen MR) is 69.5 cm³/mol. The average molecular weight is 273 g/mol. The van der Waals surface area contributed by atoms with Crippen molar-refractivity contribution in [2.75, 3.05) is 5.73 Å². The molecule has 4 nitrogen and oxygen atoms in total. The third-order valence-corrected chi connectivity index (χ3v) is 2.74. The standard InChI is InChI=1S/C14H9F2N3O/c15-11-5-4-8(7-12(11)16)13-18-14(20-19-13)9-2-1-3-10(17)6-9/h1-7H,17H2. The van der Waals surface area contributed by atoms with E-state index in [9.17, 15) is 8.78 Å². The van der Waals surface area contributed by atoms with Gasteiger partial charge in [0.15, 0.2) is 11.6 Å². The van der Waals surface area contributed by atoms with Gasteiger partial charge < -0.3 is 10.3 Å². The number of benzene rings is 2. The van der Waals surface area contributed by atoms with Gasteiger partial charge in [-0.1, -0.05) is 11.2 Å². The zero-order valence-electron chi connectivity index (χ0n) is 10.2. The third kappa shape index (κ3) is 2.23. The molecule has 3 rings (SSSR count). The van der Waals surface area contributed by atoms with Gasteiger partial charge >= 0.3 is 0 Å².